The van der Waals surface area contributed by atoms with E-state index in [2.05, 4.69) is 31.4 Å². The third-order valence-electron chi connectivity index (χ3n) is 13.0. The number of aromatic nitrogens is 1. The second-order valence-electron chi connectivity index (χ2n) is 16.0. The van der Waals surface area contributed by atoms with Crippen LogP contribution < -0.4 is 15.4 Å². The number of ether oxygens (including phenoxy) is 1. The zero-order valence-electron chi connectivity index (χ0n) is 29.0. The first-order valence-electron chi connectivity index (χ1n) is 17.9. The van der Waals surface area contributed by atoms with Gasteiger partial charge in [0.25, 0.3) is 5.91 Å². The fourth-order valence-corrected chi connectivity index (χ4v) is 10.7. The normalized spacial score (nSPS) is 31.8. The van der Waals surface area contributed by atoms with Gasteiger partial charge in [0.2, 0.25) is 15.9 Å². The number of allylic oxidation sites excluding steroid dienone is 3. The van der Waals surface area contributed by atoms with Crippen molar-refractivity contribution in [3.05, 3.63) is 65.6 Å². The number of carbonyl (C=O) groups is 2. The minimum absolute atomic E-state index is 0.0391. The van der Waals surface area contributed by atoms with Crippen LogP contribution in [0.2, 0.25) is 0 Å². The molecule has 0 radical (unpaired) electrons. The molecule has 1 aromatic carbocycles. The maximum Gasteiger partial charge on any atom is 0.264 e. The van der Waals surface area contributed by atoms with E-state index in [1.807, 2.05) is 18.2 Å². The Morgan fingerprint density at radius 3 is 2.31 bits per heavy atom. The van der Waals surface area contributed by atoms with Gasteiger partial charge in [-0.2, -0.15) is 0 Å². The summed E-state index contributed by atoms with van der Waals surface area (Å²) in [6, 6.07) is 5.53. The molecule has 3 N–H and O–H groups in total. The highest BCUT2D eigenvalue weighted by Gasteiger charge is 2.69. The van der Waals surface area contributed by atoms with Crippen LogP contribution in [-0.4, -0.2) is 81.3 Å². The molecule has 2 aliphatic carbocycles. The Hall–Kier alpha value is -3.41. The van der Waals surface area contributed by atoms with Crippen molar-refractivity contribution in [2.75, 3.05) is 46.4 Å². The number of methoxy groups -OCH3 is 1. The monoisotopic (exact) mass is 687 g/mol. The smallest absolute Gasteiger partial charge is 0.264 e. The minimum Gasteiger partial charge on any atom is -0.497 e. The molecule has 8 rings (SSSR count). The molecule has 6 aliphatic rings. The number of sulfonamides is 1. The molecular weight excluding hydrogens is 639 g/mol. The van der Waals surface area contributed by atoms with E-state index >= 15 is 4.79 Å². The summed E-state index contributed by atoms with van der Waals surface area (Å²) in [7, 11) is -2.20. The quantitative estimate of drug-likeness (QED) is 0.372. The summed E-state index contributed by atoms with van der Waals surface area (Å²) in [5.41, 5.74) is 4.67. The van der Waals surface area contributed by atoms with Crippen LogP contribution in [0.5, 0.6) is 0 Å². The summed E-state index contributed by atoms with van der Waals surface area (Å²) in [6.45, 7) is 17.6. The van der Waals surface area contributed by atoms with E-state index in [1.54, 1.807) is 27.0 Å². The second-order valence-corrected chi connectivity index (χ2v) is 18.3. The summed E-state index contributed by atoms with van der Waals surface area (Å²) < 4.78 is 35.4. The van der Waals surface area contributed by atoms with Crippen molar-refractivity contribution in [3.63, 3.8) is 0 Å². The number of nitrogens with zero attached hydrogens (tertiary/aromatic N) is 2. The largest absolute Gasteiger partial charge is 0.497 e. The van der Waals surface area contributed by atoms with Crippen LogP contribution >= 0.6 is 0 Å². The van der Waals surface area contributed by atoms with Gasteiger partial charge in [-0.1, -0.05) is 38.5 Å². The van der Waals surface area contributed by atoms with Crippen molar-refractivity contribution in [1.82, 2.24) is 24.8 Å². The van der Waals surface area contributed by atoms with Crippen molar-refractivity contribution in [2.45, 2.75) is 70.1 Å². The lowest BCUT2D eigenvalue weighted by Gasteiger charge is -2.28. The maximum absolute atomic E-state index is 15.1. The van der Waals surface area contributed by atoms with Crippen LogP contribution in [0.4, 0.5) is 0 Å². The Morgan fingerprint density at radius 2 is 1.69 bits per heavy atom. The Labute approximate surface area is 289 Å². The van der Waals surface area contributed by atoms with Gasteiger partial charge < -0.3 is 24.8 Å². The average Bonchev–Trinajstić information content (AvgIpc) is 3.27. The molecule has 262 valence electrons. The summed E-state index contributed by atoms with van der Waals surface area (Å²) >= 11 is 0. The van der Waals surface area contributed by atoms with Crippen molar-refractivity contribution in [1.29, 1.82) is 0 Å². The van der Waals surface area contributed by atoms with Gasteiger partial charge in [0.1, 0.15) is 5.76 Å². The third-order valence-corrected chi connectivity index (χ3v) is 14.7. The highest BCUT2D eigenvalue weighted by molar-refractivity contribution is 7.90. The minimum atomic E-state index is -3.82. The van der Waals surface area contributed by atoms with Crippen LogP contribution in [0.15, 0.2) is 48.8 Å². The number of amides is 2. The van der Waals surface area contributed by atoms with Crippen LogP contribution in [0.3, 0.4) is 0 Å². The summed E-state index contributed by atoms with van der Waals surface area (Å²) in [4.78, 5) is 30.6. The van der Waals surface area contributed by atoms with Gasteiger partial charge in [-0.3, -0.25) is 9.59 Å². The number of rotatable bonds is 7. The second kappa shape index (κ2) is 11.3. The first-order valence-corrected chi connectivity index (χ1v) is 19.5. The molecule has 49 heavy (non-hydrogen) atoms. The van der Waals surface area contributed by atoms with Gasteiger partial charge in [-0.25, -0.2) is 13.1 Å². The molecule has 2 amide bonds. The fourth-order valence-electron chi connectivity index (χ4n) is 10.1. The molecule has 10 nitrogen and oxygen atoms in total. The standard InChI is InChI=1S/C38H49N5O5S/c1-23(2)49(46,47)41-34(44)27-11-12-28-31(14-27)43-22-38(35(45)42-20-36-16-39-18-37(36,21-42)19-40-17-36)15-30(38)29(13-24(3)48-5)25(4)33(43)32(28)26-9-7-6-8-10-26/h11-14,23,26,30,39-40H,3-4,6-10,15-22H2,1-2,5H3,(H,41,44)/b29-13+. The molecular formula is C38H49N5O5S. The van der Waals surface area contributed by atoms with E-state index in [0.717, 1.165) is 92.7 Å². The molecule has 2 atom stereocenters. The van der Waals surface area contributed by atoms with Crippen LogP contribution in [0.1, 0.15) is 79.9 Å². The van der Waals surface area contributed by atoms with Crippen molar-refractivity contribution in [2.24, 2.45) is 22.2 Å². The summed E-state index contributed by atoms with van der Waals surface area (Å²) in [6.07, 6.45) is 8.31. The summed E-state index contributed by atoms with van der Waals surface area (Å²) in [5, 5.41) is 7.54. The Morgan fingerprint density at radius 1 is 1.04 bits per heavy atom. The van der Waals surface area contributed by atoms with Gasteiger partial charge in [0.05, 0.1) is 23.5 Å². The molecule has 0 bridgehead atoms. The van der Waals surface area contributed by atoms with E-state index in [4.69, 9.17) is 11.3 Å². The van der Waals surface area contributed by atoms with Crippen LogP contribution in [0, 0.1) is 22.2 Å². The van der Waals surface area contributed by atoms with E-state index in [1.165, 1.54) is 12.0 Å². The molecule has 5 fully saturated rings. The number of fused-ring (bicyclic) bond motifs is 4. The molecule has 2 aromatic rings. The lowest BCUT2D eigenvalue weighted by Crippen LogP contribution is -2.44. The average molecular weight is 688 g/mol. The fraction of sp³-hybridized carbons (Fsp3) is 0.579. The predicted molar refractivity (Wildman–Crippen MR) is 190 cm³/mol. The molecule has 1 aromatic heterocycles. The molecule has 4 aliphatic heterocycles. The van der Waals surface area contributed by atoms with Gasteiger partial charge in [-0.05, 0) is 73.9 Å². The molecule has 2 unspecified atom stereocenters. The first kappa shape index (κ1) is 32.8. The molecule has 0 spiro atoms. The molecule has 11 heteroatoms. The number of carbonyl (C=O) groups excluding carboxylic acids is 2. The lowest BCUT2D eigenvalue weighted by atomic mass is 9.71. The summed E-state index contributed by atoms with van der Waals surface area (Å²) in [5.74, 6) is 0.344. The maximum atomic E-state index is 15.1. The van der Waals surface area contributed by atoms with E-state index in [9.17, 15) is 13.2 Å². The topological polar surface area (TPSA) is 122 Å². The number of hydrogen-bond acceptors (Lipinski definition) is 7. The Kier molecular flexibility index (Phi) is 7.56. The number of likely N-dealkylation sites (tertiary alicyclic amines) is 1. The van der Waals surface area contributed by atoms with Crippen molar-refractivity contribution in [3.8, 4) is 0 Å². The molecule has 5 heterocycles. The lowest BCUT2D eigenvalue weighted by molar-refractivity contribution is -0.137. The SMILES string of the molecule is C=C(/C=C1\C(=C)c2c(C3CCCCC3)c3ccc(C(=O)NS(=O)(=O)C(C)C)cc3n2CC2(C(=O)N3CC45CNCC4(CNC5)C3)CC12)OC. The molecule has 2 saturated carbocycles. The van der Waals surface area contributed by atoms with E-state index in [-0.39, 0.29) is 28.2 Å². The van der Waals surface area contributed by atoms with Crippen LogP contribution in [-0.2, 0) is 26.1 Å². The number of nitrogens with one attached hydrogen (secondary N) is 3. The van der Waals surface area contributed by atoms with Crippen molar-refractivity contribution < 1.29 is 22.7 Å². The van der Waals surface area contributed by atoms with Gasteiger partial charge in [0.15, 0.2) is 0 Å². The van der Waals surface area contributed by atoms with Gasteiger partial charge >= 0.3 is 0 Å². The zero-order chi connectivity index (χ0) is 34.5. The Balaban J connectivity index is 1.27. The van der Waals surface area contributed by atoms with Crippen LogP contribution in [0.25, 0.3) is 16.5 Å². The molecule has 3 saturated heterocycles. The number of hydrogen-bond donors (Lipinski definition) is 3. The van der Waals surface area contributed by atoms with Gasteiger partial charge in [0, 0.05) is 79.0 Å². The van der Waals surface area contributed by atoms with Crippen molar-refractivity contribution >= 4 is 38.3 Å². The third kappa shape index (κ3) is 4.82. The first-order chi connectivity index (χ1) is 23.4. The highest BCUT2D eigenvalue weighted by Crippen LogP contribution is 2.65. The highest BCUT2D eigenvalue weighted by atomic mass is 32.2. The predicted octanol–water partition coefficient (Wildman–Crippen LogP) is 4.30. The van der Waals surface area contributed by atoms with E-state index < -0.39 is 26.6 Å². The Bertz CT molecular complexity index is 1910. The van der Waals surface area contributed by atoms with Gasteiger partial charge in [-0.15, -0.1) is 0 Å². The number of benzene rings is 1. The van der Waals surface area contributed by atoms with E-state index in [0.29, 0.717) is 24.6 Å². The zero-order valence-corrected chi connectivity index (χ0v) is 29.8.